The van der Waals surface area contributed by atoms with Crippen molar-refractivity contribution in [1.82, 2.24) is 5.32 Å². The molecule has 2 atom stereocenters. The van der Waals surface area contributed by atoms with Crippen LogP contribution in [0.4, 0.5) is 0 Å². The van der Waals surface area contributed by atoms with Gasteiger partial charge in [-0.05, 0) is 38.0 Å². The van der Waals surface area contributed by atoms with Crippen molar-refractivity contribution in [2.75, 3.05) is 7.11 Å². The summed E-state index contributed by atoms with van der Waals surface area (Å²) in [5, 5.41) is 3.20. The number of rotatable bonds is 4. The summed E-state index contributed by atoms with van der Waals surface area (Å²) < 4.78 is 5.34. The Morgan fingerprint density at radius 1 is 1.18 bits per heavy atom. The van der Waals surface area contributed by atoms with Crippen LogP contribution < -0.4 is 5.32 Å². The molecule has 0 unspecified atom stereocenters. The van der Waals surface area contributed by atoms with E-state index in [2.05, 4.69) is 5.32 Å². The van der Waals surface area contributed by atoms with Crippen LogP contribution in [0.1, 0.15) is 57.8 Å². The highest BCUT2D eigenvalue weighted by molar-refractivity contribution is 5.76. The van der Waals surface area contributed by atoms with Crippen LogP contribution in [0.25, 0.3) is 0 Å². The van der Waals surface area contributed by atoms with Gasteiger partial charge in [-0.2, -0.15) is 0 Å². The molecular formula is C14H25NO2. The monoisotopic (exact) mass is 239 g/mol. The van der Waals surface area contributed by atoms with Crippen LogP contribution in [0.15, 0.2) is 0 Å². The average Bonchev–Trinajstić information content (AvgIpc) is 2.78. The molecule has 1 amide bonds. The zero-order chi connectivity index (χ0) is 12.1. The van der Waals surface area contributed by atoms with E-state index < -0.39 is 0 Å². The number of methoxy groups -OCH3 is 1. The van der Waals surface area contributed by atoms with Gasteiger partial charge in [0.15, 0.2) is 0 Å². The first-order valence-electron chi connectivity index (χ1n) is 7.10. The highest BCUT2D eigenvalue weighted by Crippen LogP contribution is 2.30. The maximum Gasteiger partial charge on any atom is 0.220 e. The van der Waals surface area contributed by atoms with Gasteiger partial charge >= 0.3 is 0 Å². The summed E-state index contributed by atoms with van der Waals surface area (Å²) in [5.41, 5.74) is 0. The number of carbonyl (C=O) groups is 1. The predicted molar refractivity (Wildman–Crippen MR) is 67.8 cm³/mol. The third-order valence-corrected chi connectivity index (χ3v) is 4.27. The van der Waals surface area contributed by atoms with Crippen molar-refractivity contribution < 1.29 is 9.53 Å². The van der Waals surface area contributed by atoms with E-state index in [1.165, 1.54) is 32.1 Å². The summed E-state index contributed by atoms with van der Waals surface area (Å²) in [5.74, 6) is 0.808. The lowest BCUT2D eigenvalue weighted by atomic mass is 9.95. The molecule has 0 heterocycles. The van der Waals surface area contributed by atoms with E-state index in [1.807, 2.05) is 0 Å². The van der Waals surface area contributed by atoms with Gasteiger partial charge in [-0.15, -0.1) is 0 Å². The topological polar surface area (TPSA) is 38.3 Å². The van der Waals surface area contributed by atoms with Crippen molar-refractivity contribution >= 4 is 5.91 Å². The van der Waals surface area contributed by atoms with Gasteiger partial charge in [0.1, 0.15) is 0 Å². The Morgan fingerprint density at radius 2 is 1.94 bits per heavy atom. The molecule has 2 aliphatic rings. The number of amides is 1. The van der Waals surface area contributed by atoms with Crippen LogP contribution in [0.2, 0.25) is 0 Å². The third kappa shape index (κ3) is 3.98. The molecule has 0 aromatic carbocycles. The van der Waals surface area contributed by atoms with Crippen LogP contribution in [-0.4, -0.2) is 25.2 Å². The summed E-state index contributed by atoms with van der Waals surface area (Å²) in [6.07, 6.45) is 10.7. The Hall–Kier alpha value is -0.570. The van der Waals surface area contributed by atoms with Crippen molar-refractivity contribution in [1.29, 1.82) is 0 Å². The Bertz CT molecular complexity index is 249. The normalized spacial score (nSPS) is 30.4. The Morgan fingerprint density at radius 3 is 2.59 bits per heavy atom. The number of carbonyl (C=O) groups excluding carboxylic acids is 1. The van der Waals surface area contributed by atoms with Crippen molar-refractivity contribution in [2.24, 2.45) is 5.92 Å². The maximum atomic E-state index is 11.9. The lowest BCUT2D eigenvalue weighted by molar-refractivity contribution is -0.122. The highest BCUT2D eigenvalue weighted by atomic mass is 16.5. The van der Waals surface area contributed by atoms with E-state index in [4.69, 9.17) is 4.74 Å². The Kier molecular flexibility index (Phi) is 4.84. The Labute approximate surface area is 104 Å². The van der Waals surface area contributed by atoms with Crippen molar-refractivity contribution in [3.63, 3.8) is 0 Å². The van der Waals surface area contributed by atoms with E-state index in [-0.39, 0.29) is 5.91 Å². The molecule has 2 aliphatic carbocycles. The molecule has 2 rings (SSSR count). The quantitative estimate of drug-likeness (QED) is 0.819. The van der Waals surface area contributed by atoms with Crippen LogP contribution in [0.3, 0.4) is 0 Å². The lowest BCUT2D eigenvalue weighted by Gasteiger charge is -2.23. The summed E-state index contributed by atoms with van der Waals surface area (Å²) >= 11 is 0. The van der Waals surface area contributed by atoms with Crippen molar-refractivity contribution in [3.05, 3.63) is 0 Å². The molecule has 0 aromatic rings. The molecule has 3 nitrogen and oxygen atoms in total. The maximum absolute atomic E-state index is 11.9. The highest BCUT2D eigenvalue weighted by Gasteiger charge is 2.27. The second kappa shape index (κ2) is 6.39. The molecule has 2 saturated carbocycles. The standard InChI is InChI=1S/C14H25NO2/c1-17-13-8-7-11(9-13)10-14(16)15-12-5-3-2-4-6-12/h11-13H,2-10H2,1H3,(H,15,16)/t11-,13-/m1/s1. The first-order valence-corrected chi connectivity index (χ1v) is 7.10. The average molecular weight is 239 g/mol. The molecule has 0 bridgehead atoms. The fourth-order valence-electron chi connectivity index (χ4n) is 3.22. The molecule has 1 N–H and O–H groups in total. The molecule has 2 fully saturated rings. The zero-order valence-corrected chi connectivity index (χ0v) is 10.9. The minimum atomic E-state index is 0.263. The first-order chi connectivity index (χ1) is 8.28. The van der Waals surface area contributed by atoms with Crippen molar-refractivity contribution in [2.45, 2.75) is 69.9 Å². The third-order valence-electron chi connectivity index (χ3n) is 4.27. The van der Waals surface area contributed by atoms with Gasteiger partial charge in [0.05, 0.1) is 6.10 Å². The minimum Gasteiger partial charge on any atom is -0.381 e. The number of hydrogen-bond acceptors (Lipinski definition) is 2. The van der Waals surface area contributed by atoms with Gasteiger partial charge in [0.2, 0.25) is 5.91 Å². The fourth-order valence-corrected chi connectivity index (χ4v) is 3.22. The summed E-state index contributed by atoms with van der Waals surface area (Å²) in [4.78, 5) is 11.9. The Balaban J connectivity index is 1.66. The molecule has 0 aliphatic heterocycles. The lowest BCUT2D eigenvalue weighted by Crippen LogP contribution is -2.36. The molecular weight excluding hydrogens is 214 g/mol. The van der Waals surface area contributed by atoms with Crippen molar-refractivity contribution in [3.8, 4) is 0 Å². The van der Waals surface area contributed by atoms with E-state index in [0.29, 0.717) is 24.5 Å². The van der Waals surface area contributed by atoms with Crippen LogP contribution >= 0.6 is 0 Å². The fraction of sp³-hybridized carbons (Fsp3) is 0.929. The van der Waals surface area contributed by atoms with Gasteiger partial charge in [-0.3, -0.25) is 4.79 Å². The van der Waals surface area contributed by atoms with E-state index in [9.17, 15) is 4.79 Å². The predicted octanol–water partition coefficient (Wildman–Crippen LogP) is 2.64. The molecule has 0 aromatic heterocycles. The smallest absolute Gasteiger partial charge is 0.220 e. The van der Waals surface area contributed by atoms with E-state index >= 15 is 0 Å². The van der Waals surface area contributed by atoms with Gasteiger partial charge in [0, 0.05) is 19.6 Å². The molecule has 0 radical (unpaired) electrons. The minimum absolute atomic E-state index is 0.263. The van der Waals surface area contributed by atoms with E-state index in [0.717, 1.165) is 19.3 Å². The number of ether oxygens (including phenoxy) is 1. The molecule has 3 heteroatoms. The second-order valence-corrected chi connectivity index (χ2v) is 5.64. The van der Waals surface area contributed by atoms with Crippen LogP contribution in [0, 0.1) is 5.92 Å². The summed E-state index contributed by atoms with van der Waals surface area (Å²) in [6, 6.07) is 0.455. The molecule has 0 saturated heterocycles. The molecule has 0 spiro atoms. The van der Waals surface area contributed by atoms with Crippen LogP contribution in [-0.2, 0) is 9.53 Å². The summed E-state index contributed by atoms with van der Waals surface area (Å²) in [7, 11) is 1.77. The largest absolute Gasteiger partial charge is 0.381 e. The van der Waals surface area contributed by atoms with Gasteiger partial charge < -0.3 is 10.1 Å². The number of hydrogen-bond donors (Lipinski definition) is 1. The first kappa shape index (κ1) is 12.9. The second-order valence-electron chi connectivity index (χ2n) is 5.64. The van der Waals surface area contributed by atoms with Crippen LogP contribution in [0.5, 0.6) is 0 Å². The van der Waals surface area contributed by atoms with Gasteiger partial charge in [-0.25, -0.2) is 0 Å². The van der Waals surface area contributed by atoms with E-state index in [1.54, 1.807) is 7.11 Å². The summed E-state index contributed by atoms with van der Waals surface area (Å²) in [6.45, 7) is 0. The van der Waals surface area contributed by atoms with Gasteiger partial charge in [0.25, 0.3) is 0 Å². The number of nitrogens with one attached hydrogen (secondary N) is 1. The van der Waals surface area contributed by atoms with Gasteiger partial charge in [-0.1, -0.05) is 19.3 Å². The molecule has 98 valence electrons. The molecule has 17 heavy (non-hydrogen) atoms. The SMILES string of the molecule is CO[C@@H]1CC[C@@H](CC(=O)NC2CCCCC2)C1. The zero-order valence-electron chi connectivity index (χ0n) is 10.9.